The Morgan fingerprint density at radius 2 is 2.06 bits per heavy atom. The fourth-order valence-corrected chi connectivity index (χ4v) is 1.73. The van der Waals surface area contributed by atoms with Crippen LogP contribution in [0.5, 0.6) is 11.5 Å². The fraction of sp³-hybridized carbons (Fsp3) is 0.500. The summed E-state index contributed by atoms with van der Waals surface area (Å²) >= 11 is 0. The van der Waals surface area contributed by atoms with Gasteiger partial charge in [-0.3, -0.25) is 0 Å². The number of nitriles is 1. The average Bonchev–Trinajstić information content (AvgIpc) is 2.44. The molecule has 2 unspecified atom stereocenters. The Balaban J connectivity index is 3.26. The van der Waals surface area contributed by atoms with Crippen molar-refractivity contribution in [2.75, 3.05) is 14.2 Å². The van der Waals surface area contributed by atoms with E-state index in [9.17, 15) is 10.4 Å². The molecule has 0 spiro atoms. The van der Waals surface area contributed by atoms with Crippen molar-refractivity contribution in [1.29, 1.82) is 5.26 Å². The van der Waals surface area contributed by atoms with Gasteiger partial charge in [0.25, 0.3) is 0 Å². The van der Waals surface area contributed by atoms with Crippen LogP contribution >= 0.6 is 0 Å². The highest BCUT2D eigenvalue weighted by Crippen LogP contribution is 2.41. The summed E-state index contributed by atoms with van der Waals surface area (Å²) in [7, 11) is 3.09. The molecule has 4 nitrogen and oxygen atoms in total. The van der Waals surface area contributed by atoms with Crippen molar-refractivity contribution in [2.24, 2.45) is 5.41 Å². The Morgan fingerprint density at radius 1 is 1.39 bits per heavy atom. The molecule has 0 aliphatic heterocycles. The van der Waals surface area contributed by atoms with E-state index < -0.39 is 11.5 Å². The fourth-order valence-electron chi connectivity index (χ4n) is 1.73. The Kier molecular flexibility index (Phi) is 4.57. The molecule has 98 valence electrons. The van der Waals surface area contributed by atoms with Crippen LogP contribution in [0.15, 0.2) is 18.2 Å². The highest BCUT2D eigenvalue weighted by atomic mass is 16.5. The van der Waals surface area contributed by atoms with Crippen LogP contribution in [-0.2, 0) is 0 Å². The molecule has 1 rings (SSSR count). The second-order valence-electron chi connectivity index (χ2n) is 4.39. The van der Waals surface area contributed by atoms with Gasteiger partial charge in [-0.15, -0.1) is 0 Å². The zero-order valence-corrected chi connectivity index (χ0v) is 11.2. The predicted molar refractivity (Wildman–Crippen MR) is 68.5 cm³/mol. The van der Waals surface area contributed by atoms with Crippen LogP contribution in [0.3, 0.4) is 0 Å². The van der Waals surface area contributed by atoms with E-state index in [4.69, 9.17) is 9.47 Å². The van der Waals surface area contributed by atoms with Crippen molar-refractivity contribution in [3.63, 3.8) is 0 Å². The summed E-state index contributed by atoms with van der Waals surface area (Å²) in [4.78, 5) is 0. The molecular weight excluding hydrogens is 230 g/mol. The Morgan fingerprint density at radius 3 is 2.50 bits per heavy atom. The van der Waals surface area contributed by atoms with E-state index in [2.05, 4.69) is 6.07 Å². The van der Waals surface area contributed by atoms with Crippen LogP contribution < -0.4 is 9.47 Å². The molecule has 0 bridgehead atoms. The lowest BCUT2D eigenvalue weighted by Gasteiger charge is -2.27. The normalized spacial score (nSPS) is 15.3. The van der Waals surface area contributed by atoms with Crippen molar-refractivity contribution in [3.8, 4) is 17.6 Å². The van der Waals surface area contributed by atoms with Gasteiger partial charge in [0, 0.05) is 5.56 Å². The number of rotatable bonds is 5. The molecule has 1 aromatic rings. The zero-order chi connectivity index (χ0) is 13.8. The minimum absolute atomic E-state index is 0.547. The molecule has 0 amide bonds. The summed E-state index contributed by atoms with van der Waals surface area (Å²) in [5.74, 6) is 1.18. The average molecular weight is 249 g/mol. The second kappa shape index (κ2) is 5.74. The molecule has 0 aromatic heterocycles. The zero-order valence-electron chi connectivity index (χ0n) is 11.2. The van der Waals surface area contributed by atoms with Gasteiger partial charge in [0.05, 0.1) is 25.7 Å². The van der Waals surface area contributed by atoms with E-state index >= 15 is 0 Å². The maximum atomic E-state index is 10.4. The number of nitrogens with zero attached hydrogens (tertiary/aromatic N) is 1. The van der Waals surface area contributed by atoms with Crippen molar-refractivity contribution < 1.29 is 14.6 Å². The third-order valence-corrected chi connectivity index (χ3v) is 3.32. The van der Waals surface area contributed by atoms with Gasteiger partial charge in [0.2, 0.25) is 0 Å². The van der Waals surface area contributed by atoms with Crippen molar-refractivity contribution in [2.45, 2.75) is 26.4 Å². The summed E-state index contributed by atoms with van der Waals surface area (Å²) in [6, 6.07) is 7.35. The van der Waals surface area contributed by atoms with Gasteiger partial charge in [0.15, 0.2) is 0 Å². The predicted octanol–water partition coefficient (Wildman–Crippen LogP) is 2.68. The molecular formula is C14H19NO3. The standard InChI is InChI=1S/C14H19NO3/c1-5-14(2,9-15)13(16)11-8-10(17-3)6-7-12(11)18-4/h6-8,13,16H,5H2,1-4H3. The molecule has 0 fully saturated rings. The van der Waals surface area contributed by atoms with Crippen LogP contribution in [0, 0.1) is 16.7 Å². The van der Waals surface area contributed by atoms with Gasteiger partial charge in [-0.2, -0.15) is 5.26 Å². The van der Waals surface area contributed by atoms with Gasteiger partial charge >= 0.3 is 0 Å². The molecule has 1 N–H and O–H groups in total. The van der Waals surface area contributed by atoms with Crippen LogP contribution in [0.2, 0.25) is 0 Å². The molecule has 2 atom stereocenters. The molecule has 0 radical (unpaired) electrons. The molecule has 0 saturated carbocycles. The maximum Gasteiger partial charge on any atom is 0.124 e. The summed E-state index contributed by atoms with van der Waals surface area (Å²) < 4.78 is 10.4. The van der Waals surface area contributed by atoms with Crippen LogP contribution in [-0.4, -0.2) is 19.3 Å². The minimum Gasteiger partial charge on any atom is -0.497 e. The minimum atomic E-state index is -0.919. The van der Waals surface area contributed by atoms with Gasteiger partial charge in [-0.1, -0.05) is 6.92 Å². The lowest BCUT2D eigenvalue weighted by molar-refractivity contribution is 0.0696. The van der Waals surface area contributed by atoms with Crippen molar-refractivity contribution in [3.05, 3.63) is 23.8 Å². The molecule has 0 aliphatic carbocycles. The summed E-state index contributed by atoms with van der Waals surface area (Å²) in [5, 5.41) is 19.6. The van der Waals surface area contributed by atoms with Crippen molar-refractivity contribution in [1.82, 2.24) is 0 Å². The third-order valence-electron chi connectivity index (χ3n) is 3.32. The van der Waals surface area contributed by atoms with Crippen LogP contribution in [0.4, 0.5) is 0 Å². The first-order valence-electron chi connectivity index (χ1n) is 5.83. The summed E-state index contributed by atoms with van der Waals surface area (Å²) in [5.41, 5.74) is -0.276. The van der Waals surface area contributed by atoms with Crippen LogP contribution in [0.1, 0.15) is 31.9 Å². The number of ether oxygens (including phenoxy) is 2. The van der Waals surface area contributed by atoms with E-state index in [-0.39, 0.29) is 0 Å². The SMILES string of the molecule is CCC(C)(C#N)C(O)c1cc(OC)ccc1OC. The highest BCUT2D eigenvalue weighted by molar-refractivity contribution is 5.43. The highest BCUT2D eigenvalue weighted by Gasteiger charge is 2.34. The van der Waals surface area contributed by atoms with Gasteiger partial charge in [-0.25, -0.2) is 0 Å². The first-order chi connectivity index (χ1) is 8.52. The molecule has 0 aliphatic rings. The lowest BCUT2D eigenvalue weighted by atomic mass is 9.79. The van der Waals surface area contributed by atoms with E-state index in [1.807, 2.05) is 6.92 Å². The molecule has 4 heteroatoms. The Hall–Kier alpha value is -1.73. The Labute approximate surface area is 108 Å². The number of aliphatic hydroxyl groups excluding tert-OH is 1. The topological polar surface area (TPSA) is 62.5 Å². The monoisotopic (exact) mass is 249 g/mol. The maximum absolute atomic E-state index is 10.4. The first kappa shape index (κ1) is 14.3. The van der Waals surface area contributed by atoms with Crippen molar-refractivity contribution >= 4 is 0 Å². The quantitative estimate of drug-likeness (QED) is 0.871. The molecule has 18 heavy (non-hydrogen) atoms. The second-order valence-corrected chi connectivity index (χ2v) is 4.39. The van der Waals surface area contributed by atoms with E-state index in [1.54, 1.807) is 32.2 Å². The Bertz CT molecular complexity index is 453. The number of benzene rings is 1. The number of methoxy groups -OCH3 is 2. The summed E-state index contributed by atoms with van der Waals surface area (Å²) in [6.45, 7) is 3.61. The smallest absolute Gasteiger partial charge is 0.124 e. The molecule has 0 heterocycles. The first-order valence-corrected chi connectivity index (χ1v) is 5.83. The largest absolute Gasteiger partial charge is 0.497 e. The van der Waals surface area contributed by atoms with E-state index in [0.29, 0.717) is 23.5 Å². The summed E-state index contributed by atoms with van der Waals surface area (Å²) in [6.07, 6.45) is -0.372. The number of hydrogen-bond acceptors (Lipinski definition) is 4. The van der Waals surface area contributed by atoms with Gasteiger partial charge < -0.3 is 14.6 Å². The number of hydrogen-bond donors (Lipinski definition) is 1. The van der Waals surface area contributed by atoms with Crippen LogP contribution in [0.25, 0.3) is 0 Å². The van der Waals surface area contributed by atoms with E-state index in [0.717, 1.165) is 0 Å². The van der Waals surface area contributed by atoms with Gasteiger partial charge in [-0.05, 0) is 31.5 Å². The lowest BCUT2D eigenvalue weighted by Crippen LogP contribution is -2.23. The van der Waals surface area contributed by atoms with Gasteiger partial charge in [0.1, 0.15) is 17.6 Å². The molecule has 0 saturated heterocycles. The van der Waals surface area contributed by atoms with E-state index in [1.165, 1.54) is 7.11 Å². The third kappa shape index (κ3) is 2.57. The number of aliphatic hydroxyl groups is 1. The molecule has 1 aromatic carbocycles.